The fourth-order valence-electron chi connectivity index (χ4n) is 1.92. The number of carbonyl (C=O) groups is 1. The zero-order chi connectivity index (χ0) is 14.7. The van der Waals surface area contributed by atoms with Crippen LogP contribution in [0.5, 0.6) is 0 Å². The van der Waals surface area contributed by atoms with Gasteiger partial charge >= 0.3 is 5.97 Å². The van der Waals surface area contributed by atoms with Crippen LogP contribution >= 0.6 is 23.4 Å². The Morgan fingerprint density at radius 1 is 1.45 bits per heavy atom. The molecule has 0 bridgehead atoms. The van der Waals surface area contributed by atoms with Gasteiger partial charge in [-0.15, -0.1) is 11.8 Å². The lowest BCUT2D eigenvalue weighted by Crippen LogP contribution is -2.02. The molecule has 2 aromatic rings. The van der Waals surface area contributed by atoms with Gasteiger partial charge in [0.15, 0.2) is 0 Å². The number of benzene rings is 1. The molecular formula is C14H15ClN2O2S. The normalized spacial score (nSPS) is 10.8. The van der Waals surface area contributed by atoms with Crippen LogP contribution < -0.4 is 0 Å². The van der Waals surface area contributed by atoms with Gasteiger partial charge in [-0.3, -0.25) is 4.68 Å². The summed E-state index contributed by atoms with van der Waals surface area (Å²) in [6.45, 7) is 4.61. The second kappa shape index (κ2) is 6.33. The van der Waals surface area contributed by atoms with E-state index in [0.29, 0.717) is 16.3 Å². The number of hydrogen-bond acceptors (Lipinski definition) is 3. The summed E-state index contributed by atoms with van der Waals surface area (Å²) < 4.78 is 1.86. The third-order valence-electron chi connectivity index (χ3n) is 2.93. The molecule has 0 fully saturated rings. The summed E-state index contributed by atoms with van der Waals surface area (Å²) in [5.74, 6) is -0.322. The molecule has 6 heteroatoms. The number of hydrogen-bond donors (Lipinski definition) is 1. The number of halogens is 1. The molecule has 1 N–H and O–H groups in total. The van der Waals surface area contributed by atoms with Gasteiger partial charge in [-0.1, -0.05) is 23.7 Å². The standard InChI is InChI=1S/C14H15ClN2O2S/c1-3-17-11(13(15)9(2)16-17)8-20-12-7-5-4-6-10(12)14(18)19/h4-7H,3,8H2,1-2H3,(H,18,19). The van der Waals surface area contributed by atoms with Gasteiger partial charge in [0, 0.05) is 17.2 Å². The number of aromatic carboxylic acids is 1. The van der Waals surface area contributed by atoms with E-state index in [4.69, 9.17) is 16.7 Å². The van der Waals surface area contributed by atoms with Crippen LogP contribution in [-0.4, -0.2) is 20.9 Å². The number of carboxylic acid groups (broad SMARTS) is 1. The van der Waals surface area contributed by atoms with E-state index >= 15 is 0 Å². The molecule has 0 atom stereocenters. The molecule has 0 aliphatic heterocycles. The second-order valence-corrected chi connectivity index (χ2v) is 5.65. The molecule has 0 radical (unpaired) electrons. The molecule has 0 aliphatic rings. The molecule has 20 heavy (non-hydrogen) atoms. The van der Waals surface area contributed by atoms with Crippen molar-refractivity contribution in [3.05, 3.63) is 46.2 Å². The summed E-state index contributed by atoms with van der Waals surface area (Å²) in [4.78, 5) is 11.9. The van der Waals surface area contributed by atoms with Crippen LogP contribution in [0.3, 0.4) is 0 Å². The SMILES string of the molecule is CCn1nc(C)c(Cl)c1CSc1ccccc1C(=O)O. The first-order valence-electron chi connectivity index (χ1n) is 6.21. The third kappa shape index (κ3) is 2.99. The summed E-state index contributed by atoms with van der Waals surface area (Å²) in [7, 11) is 0. The Hall–Kier alpha value is -1.46. The maximum Gasteiger partial charge on any atom is 0.336 e. The van der Waals surface area contributed by atoms with E-state index in [1.165, 1.54) is 11.8 Å². The summed E-state index contributed by atoms with van der Waals surface area (Å²) in [5.41, 5.74) is 2.04. The summed E-state index contributed by atoms with van der Waals surface area (Å²) >= 11 is 7.71. The zero-order valence-electron chi connectivity index (χ0n) is 11.3. The molecular weight excluding hydrogens is 296 g/mol. The molecule has 0 saturated heterocycles. The Bertz CT molecular complexity index is 640. The van der Waals surface area contributed by atoms with E-state index in [1.807, 2.05) is 30.7 Å². The van der Waals surface area contributed by atoms with Crippen molar-refractivity contribution in [3.63, 3.8) is 0 Å². The molecule has 0 spiro atoms. The molecule has 1 aromatic carbocycles. The molecule has 0 unspecified atom stereocenters. The number of thioether (sulfide) groups is 1. The fraction of sp³-hybridized carbons (Fsp3) is 0.286. The van der Waals surface area contributed by atoms with Crippen LogP contribution in [0.2, 0.25) is 5.02 Å². The molecule has 0 saturated carbocycles. The minimum atomic E-state index is -0.917. The number of aryl methyl sites for hydroxylation is 2. The highest BCUT2D eigenvalue weighted by Crippen LogP contribution is 2.30. The number of nitrogens with zero attached hydrogens (tertiary/aromatic N) is 2. The molecule has 2 rings (SSSR count). The first-order chi connectivity index (χ1) is 9.54. The molecule has 0 amide bonds. The van der Waals surface area contributed by atoms with Gasteiger partial charge in [-0.2, -0.15) is 5.10 Å². The highest BCUT2D eigenvalue weighted by atomic mass is 35.5. The lowest BCUT2D eigenvalue weighted by atomic mass is 10.2. The van der Waals surface area contributed by atoms with E-state index in [0.717, 1.165) is 22.8 Å². The maximum absolute atomic E-state index is 11.2. The van der Waals surface area contributed by atoms with Crippen LogP contribution in [0, 0.1) is 6.92 Å². The lowest BCUT2D eigenvalue weighted by Gasteiger charge is -2.07. The highest BCUT2D eigenvalue weighted by Gasteiger charge is 2.15. The van der Waals surface area contributed by atoms with Crippen molar-refractivity contribution in [2.24, 2.45) is 0 Å². The first-order valence-corrected chi connectivity index (χ1v) is 7.57. The van der Waals surface area contributed by atoms with Gasteiger partial charge in [0.25, 0.3) is 0 Å². The number of carboxylic acids is 1. The topological polar surface area (TPSA) is 55.1 Å². The molecule has 106 valence electrons. The van der Waals surface area contributed by atoms with Crippen molar-refractivity contribution in [1.82, 2.24) is 9.78 Å². The second-order valence-electron chi connectivity index (χ2n) is 4.25. The van der Waals surface area contributed by atoms with Crippen LogP contribution in [0.15, 0.2) is 29.2 Å². The van der Waals surface area contributed by atoms with Crippen molar-refractivity contribution in [2.75, 3.05) is 0 Å². The van der Waals surface area contributed by atoms with Crippen LogP contribution in [-0.2, 0) is 12.3 Å². The van der Waals surface area contributed by atoms with Crippen molar-refractivity contribution in [3.8, 4) is 0 Å². The molecule has 0 aliphatic carbocycles. The predicted octanol–water partition coefficient (Wildman–Crippen LogP) is 3.86. The highest BCUT2D eigenvalue weighted by molar-refractivity contribution is 7.98. The number of rotatable bonds is 5. The lowest BCUT2D eigenvalue weighted by molar-refractivity contribution is 0.0693. The quantitative estimate of drug-likeness (QED) is 0.852. The van der Waals surface area contributed by atoms with Gasteiger partial charge in [0.2, 0.25) is 0 Å². The zero-order valence-corrected chi connectivity index (χ0v) is 12.8. The average Bonchev–Trinajstić information content (AvgIpc) is 2.72. The summed E-state index contributed by atoms with van der Waals surface area (Å²) in [5, 5.41) is 14.2. The molecule has 1 heterocycles. The first kappa shape index (κ1) is 14.9. The average molecular weight is 311 g/mol. The van der Waals surface area contributed by atoms with Gasteiger partial charge in [0.05, 0.1) is 22.0 Å². The van der Waals surface area contributed by atoms with Gasteiger partial charge in [-0.05, 0) is 26.0 Å². The van der Waals surface area contributed by atoms with E-state index in [1.54, 1.807) is 12.1 Å². The van der Waals surface area contributed by atoms with Crippen molar-refractivity contribution >= 4 is 29.3 Å². The summed E-state index contributed by atoms with van der Waals surface area (Å²) in [6, 6.07) is 6.97. The molecule has 4 nitrogen and oxygen atoms in total. The Morgan fingerprint density at radius 2 is 2.15 bits per heavy atom. The smallest absolute Gasteiger partial charge is 0.336 e. The van der Waals surface area contributed by atoms with E-state index in [2.05, 4.69) is 5.10 Å². The minimum Gasteiger partial charge on any atom is -0.478 e. The summed E-state index contributed by atoms with van der Waals surface area (Å²) in [6.07, 6.45) is 0. The predicted molar refractivity (Wildman–Crippen MR) is 80.6 cm³/mol. The Labute approximate surface area is 126 Å². The largest absolute Gasteiger partial charge is 0.478 e. The van der Waals surface area contributed by atoms with Crippen LogP contribution in [0.4, 0.5) is 0 Å². The van der Waals surface area contributed by atoms with Crippen molar-refractivity contribution in [2.45, 2.75) is 31.0 Å². The Morgan fingerprint density at radius 3 is 2.80 bits per heavy atom. The maximum atomic E-state index is 11.2. The molecule has 1 aromatic heterocycles. The minimum absolute atomic E-state index is 0.313. The van der Waals surface area contributed by atoms with E-state index in [9.17, 15) is 4.79 Å². The van der Waals surface area contributed by atoms with Gasteiger partial charge < -0.3 is 5.11 Å². The van der Waals surface area contributed by atoms with Gasteiger partial charge in [-0.25, -0.2) is 4.79 Å². The van der Waals surface area contributed by atoms with Crippen molar-refractivity contribution in [1.29, 1.82) is 0 Å². The van der Waals surface area contributed by atoms with E-state index in [-0.39, 0.29) is 0 Å². The van der Waals surface area contributed by atoms with E-state index < -0.39 is 5.97 Å². The van der Waals surface area contributed by atoms with Crippen LogP contribution in [0.25, 0.3) is 0 Å². The van der Waals surface area contributed by atoms with Crippen LogP contribution in [0.1, 0.15) is 28.7 Å². The number of aromatic nitrogens is 2. The monoisotopic (exact) mass is 310 g/mol. The third-order valence-corrected chi connectivity index (χ3v) is 4.51. The fourth-order valence-corrected chi connectivity index (χ4v) is 3.27. The Kier molecular flexibility index (Phi) is 4.73. The Balaban J connectivity index is 2.23. The van der Waals surface area contributed by atoms with Crippen molar-refractivity contribution < 1.29 is 9.90 Å². The van der Waals surface area contributed by atoms with Gasteiger partial charge in [0.1, 0.15) is 0 Å².